The Labute approximate surface area is 81.1 Å². The Balaban J connectivity index is 3.18. The van der Waals surface area contributed by atoms with E-state index in [1.807, 2.05) is 0 Å². The molecule has 0 fully saturated rings. The lowest BCUT2D eigenvalue weighted by molar-refractivity contribution is -0.380. The molecule has 1 aromatic rings. The standard InChI is InChI=1S/C6H4N2O5S/c9-2-7-5-3(6(10)11)1-4(14-5)8(12)13/h1-2H,(H,7,9)(H,10,11). The topological polar surface area (TPSA) is 110 Å². The molecular weight excluding hydrogens is 212 g/mol. The van der Waals surface area contributed by atoms with Crippen molar-refractivity contribution in [2.45, 2.75) is 0 Å². The van der Waals surface area contributed by atoms with Gasteiger partial charge in [-0.3, -0.25) is 14.9 Å². The minimum absolute atomic E-state index is 0.0424. The Bertz CT molecular complexity index is 399. The summed E-state index contributed by atoms with van der Waals surface area (Å²) in [5.74, 6) is -1.32. The second-order valence-electron chi connectivity index (χ2n) is 2.15. The van der Waals surface area contributed by atoms with E-state index >= 15 is 0 Å². The second-order valence-corrected chi connectivity index (χ2v) is 3.18. The fraction of sp³-hybridized carbons (Fsp3) is 0. The van der Waals surface area contributed by atoms with Gasteiger partial charge in [-0.2, -0.15) is 0 Å². The van der Waals surface area contributed by atoms with Gasteiger partial charge in [-0.1, -0.05) is 0 Å². The van der Waals surface area contributed by atoms with Gasteiger partial charge in [0.1, 0.15) is 10.6 Å². The van der Waals surface area contributed by atoms with Crippen LogP contribution in [-0.4, -0.2) is 22.4 Å². The number of carbonyl (C=O) groups excluding carboxylic acids is 1. The molecule has 0 saturated carbocycles. The molecule has 0 aliphatic rings. The highest BCUT2D eigenvalue weighted by atomic mass is 32.1. The van der Waals surface area contributed by atoms with Gasteiger partial charge in [0.05, 0.1) is 4.92 Å². The maximum atomic E-state index is 10.6. The van der Waals surface area contributed by atoms with Crippen LogP contribution in [-0.2, 0) is 4.79 Å². The molecule has 0 bridgehead atoms. The van der Waals surface area contributed by atoms with Crippen molar-refractivity contribution < 1.29 is 19.6 Å². The van der Waals surface area contributed by atoms with Crippen LogP contribution < -0.4 is 5.32 Å². The minimum Gasteiger partial charge on any atom is -0.478 e. The fourth-order valence-electron chi connectivity index (χ4n) is 0.788. The van der Waals surface area contributed by atoms with Crippen molar-refractivity contribution in [1.29, 1.82) is 0 Å². The van der Waals surface area contributed by atoms with E-state index in [-0.39, 0.29) is 22.0 Å². The number of carboxylic acid groups (broad SMARTS) is 1. The van der Waals surface area contributed by atoms with Crippen molar-refractivity contribution in [2.75, 3.05) is 5.32 Å². The number of aromatic carboxylic acids is 1. The summed E-state index contributed by atoms with van der Waals surface area (Å²) in [6.07, 6.45) is 0.266. The molecule has 1 amide bonds. The fourth-order valence-corrected chi connectivity index (χ4v) is 1.61. The average molecular weight is 216 g/mol. The minimum atomic E-state index is -1.32. The number of carboxylic acids is 1. The number of amides is 1. The van der Waals surface area contributed by atoms with Crippen LogP contribution in [0.2, 0.25) is 0 Å². The second kappa shape index (κ2) is 3.83. The molecule has 14 heavy (non-hydrogen) atoms. The maximum Gasteiger partial charge on any atom is 0.338 e. The number of carbonyl (C=O) groups is 2. The number of hydrogen-bond acceptors (Lipinski definition) is 5. The molecule has 2 N–H and O–H groups in total. The lowest BCUT2D eigenvalue weighted by Gasteiger charge is -1.92. The normalized spacial score (nSPS) is 9.43. The van der Waals surface area contributed by atoms with Crippen LogP contribution in [0.15, 0.2) is 6.07 Å². The maximum absolute atomic E-state index is 10.6. The van der Waals surface area contributed by atoms with Gasteiger partial charge in [0, 0.05) is 6.07 Å². The summed E-state index contributed by atoms with van der Waals surface area (Å²) in [5, 5.41) is 20.6. The van der Waals surface area contributed by atoms with Gasteiger partial charge in [-0.15, -0.1) is 0 Å². The van der Waals surface area contributed by atoms with E-state index in [9.17, 15) is 19.7 Å². The molecule has 1 heterocycles. The summed E-state index contributed by atoms with van der Waals surface area (Å²) >= 11 is 0.598. The van der Waals surface area contributed by atoms with E-state index in [1.165, 1.54) is 0 Å². The van der Waals surface area contributed by atoms with Crippen LogP contribution in [0.5, 0.6) is 0 Å². The molecular formula is C6H4N2O5S. The highest BCUT2D eigenvalue weighted by molar-refractivity contribution is 7.19. The third-order valence-electron chi connectivity index (χ3n) is 1.32. The van der Waals surface area contributed by atoms with E-state index < -0.39 is 10.9 Å². The van der Waals surface area contributed by atoms with Crippen LogP contribution in [0.25, 0.3) is 0 Å². The lowest BCUT2D eigenvalue weighted by atomic mass is 10.3. The van der Waals surface area contributed by atoms with E-state index in [0.29, 0.717) is 11.3 Å². The molecule has 74 valence electrons. The summed E-state index contributed by atoms with van der Waals surface area (Å²) in [7, 11) is 0. The number of anilines is 1. The lowest BCUT2D eigenvalue weighted by Crippen LogP contribution is -2.00. The SMILES string of the molecule is O=CNc1sc([N+](=O)[O-])cc1C(=O)O. The average Bonchev–Trinajstić information content (AvgIpc) is 2.49. The molecule has 0 aromatic carbocycles. The molecule has 0 spiro atoms. The van der Waals surface area contributed by atoms with Gasteiger partial charge >= 0.3 is 11.0 Å². The first-order valence-corrected chi connectivity index (χ1v) is 4.09. The highest BCUT2D eigenvalue weighted by Crippen LogP contribution is 2.33. The smallest absolute Gasteiger partial charge is 0.338 e. The Morgan fingerprint density at radius 2 is 2.36 bits per heavy atom. The van der Waals surface area contributed by atoms with E-state index in [2.05, 4.69) is 5.32 Å². The van der Waals surface area contributed by atoms with Crippen molar-refractivity contribution in [3.05, 3.63) is 21.7 Å². The third-order valence-corrected chi connectivity index (χ3v) is 2.34. The Hall–Kier alpha value is -1.96. The van der Waals surface area contributed by atoms with Crippen molar-refractivity contribution in [3.63, 3.8) is 0 Å². The van der Waals surface area contributed by atoms with Crippen molar-refractivity contribution in [3.8, 4) is 0 Å². The van der Waals surface area contributed by atoms with Gasteiger partial charge in [-0.25, -0.2) is 4.79 Å². The van der Waals surface area contributed by atoms with Gasteiger partial charge in [0.25, 0.3) is 0 Å². The number of hydrogen-bond donors (Lipinski definition) is 2. The van der Waals surface area contributed by atoms with Crippen LogP contribution >= 0.6 is 11.3 Å². The largest absolute Gasteiger partial charge is 0.478 e. The van der Waals surface area contributed by atoms with Crippen molar-refractivity contribution in [2.24, 2.45) is 0 Å². The molecule has 0 aliphatic heterocycles. The summed E-state index contributed by atoms with van der Waals surface area (Å²) in [6.45, 7) is 0. The monoisotopic (exact) mass is 216 g/mol. The van der Waals surface area contributed by atoms with Gasteiger partial charge in [0.15, 0.2) is 0 Å². The zero-order chi connectivity index (χ0) is 10.7. The van der Waals surface area contributed by atoms with Crippen LogP contribution in [0, 0.1) is 10.1 Å². The molecule has 0 unspecified atom stereocenters. The number of nitrogens with one attached hydrogen (secondary N) is 1. The van der Waals surface area contributed by atoms with E-state index in [4.69, 9.17) is 5.11 Å². The molecule has 7 nitrogen and oxygen atoms in total. The Morgan fingerprint density at radius 3 is 2.79 bits per heavy atom. The Morgan fingerprint density at radius 1 is 1.71 bits per heavy atom. The highest BCUT2D eigenvalue weighted by Gasteiger charge is 2.20. The van der Waals surface area contributed by atoms with E-state index in [1.54, 1.807) is 0 Å². The van der Waals surface area contributed by atoms with Crippen LogP contribution in [0.4, 0.5) is 10.0 Å². The third kappa shape index (κ3) is 1.85. The van der Waals surface area contributed by atoms with Crippen molar-refractivity contribution >= 4 is 33.7 Å². The quantitative estimate of drug-likeness (QED) is 0.441. The molecule has 0 saturated heterocycles. The van der Waals surface area contributed by atoms with Crippen molar-refractivity contribution in [1.82, 2.24) is 0 Å². The van der Waals surface area contributed by atoms with Gasteiger partial charge < -0.3 is 10.4 Å². The van der Waals surface area contributed by atoms with Crippen LogP contribution in [0.3, 0.4) is 0 Å². The molecule has 0 radical (unpaired) electrons. The number of nitro groups is 1. The van der Waals surface area contributed by atoms with Gasteiger partial charge in [-0.05, 0) is 11.3 Å². The summed E-state index contributed by atoms with van der Waals surface area (Å²) in [5.41, 5.74) is -0.284. The summed E-state index contributed by atoms with van der Waals surface area (Å²) < 4.78 is 0. The number of rotatable bonds is 4. The summed E-state index contributed by atoms with van der Waals surface area (Å²) in [6, 6.07) is 0.902. The predicted octanol–water partition coefficient (Wildman–Crippen LogP) is 0.923. The molecule has 0 aliphatic carbocycles. The number of thiophene rings is 1. The molecule has 1 rings (SSSR count). The first-order valence-electron chi connectivity index (χ1n) is 3.28. The zero-order valence-electron chi connectivity index (χ0n) is 6.59. The molecule has 1 aromatic heterocycles. The number of nitrogens with zero attached hydrogens (tertiary/aromatic N) is 1. The molecule has 0 atom stereocenters. The Kier molecular flexibility index (Phi) is 2.77. The van der Waals surface area contributed by atoms with Crippen LogP contribution in [0.1, 0.15) is 10.4 Å². The van der Waals surface area contributed by atoms with E-state index in [0.717, 1.165) is 6.07 Å². The molecule has 8 heteroatoms. The summed E-state index contributed by atoms with van der Waals surface area (Å²) in [4.78, 5) is 30.2. The zero-order valence-corrected chi connectivity index (χ0v) is 7.41. The first kappa shape index (κ1) is 10.1. The predicted molar refractivity (Wildman–Crippen MR) is 47.6 cm³/mol. The first-order chi connectivity index (χ1) is 6.56. The van der Waals surface area contributed by atoms with Gasteiger partial charge in [0.2, 0.25) is 6.41 Å².